The fourth-order valence-corrected chi connectivity index (χ4v) is 2.93. The van der Waals surface area contributed by atoms with Crippen LogP contribution in [0.2, 0.25) is 0 Å². The topological polar surface area (TPSA) is 50.9 Å². The summed E-state index contributed by atoms with van der Waals surface area (Å²) in [6.07, 6.45) is 2.40. The molecular formula is C13H15Br2N3O. The smallest absolute Gasteiger partial charge is 0.101 e. The Morgan fingerprint density at radius 3 is 2.63 bits per heavy atom. The molecule has 1 N–H and O–H groups in total. The van der Waals surface area contributed by atoms with Crippen LogP contribution in [0.25, 0.3) is 0 Å². The monoisotopic (exact) mass is 387 g/mol. The van der Waals surface area contributed by atoms with Crippen molar-refractivity contribution in [2.24, 2.45) is 7.05 Å². The SMILES string of the molecule is CCc1nn(C)c(CC(O)c2ccc(Br)cn2)c1Br. The second-order valence-corrected chi connectivity index (χ2v) is 6.01. The zero-order valence-electron chi connectivity index (χ0n) is 10.8. The van der Waals surface area contributed by atoms with Crippen LogP contribution in [-0.4, -0.2) is 19.9 Å². The van der Waals surface area contributed by atoms with Gasteiger partial charge in [-0.15, -0.1) is 0 Å². The first kappa shape index (κ1) is 14.7. The molecule has 6 heteroatoms. The molecule has 19 heavy (non-hydrogen) atoms. The fourth-order valence-electron chi connectivity index (χ4n) is 1.91. The number of aryl methyl sites for hydroxylation is 2. The zero-order valence-corrected chi connectivity index (χ0v) is 13.9. The van der Waals surface area contributed by atoms with Crippen molar-refractivity contribution in [2.45, 2.75) is 25.9 Å². The highest BCUT2D eigenvalue weighted by Crippen LogP contribution is 2.26. The quantitative estimate of drug-likeness (QED) is 0.874. The second kappa shape index (κ2) is 6.15. The standard InChI is InChI=1S/C13H15Br2N3O/c1-3-9-13(15)11(18(2)17-9)6-12(19)10-5-4-8(14)7-16-10/h4-5,7,12,19H,3,6H2,1-2H3. The molecule has 1 unspecified atom stereocenters. The van der Waals surface area contributed by atoms with Crippen molar-refractivity contribution in [3.63, 3.8) is 0 Å². The molecule has 0 radical (unpaired) electrons. The molecule has 0 aliphatic carbocycles. The van der Waals surface area contributed by atoms with E-state index in [9.17, 15) is 5.11 Å². The Bertz CT molecular complexity index is 566. The molecule has 0 fully saturated rings. The van der Waals surface area contributed by atoms with Crippen LogP contribution < -0.4 is 0 Å². The second-order valence-electron chi connectivity index (χ2n) is 4.31. The van der Waals surface area contributed by atoms with Gasteiger partial charge in [0.15, 0.2) is 0 Å². The van der Waals surface area contributed by atoms with E-state index in [1.807, 2.05) is 23.9 Å². The van der Waals surface area contributed by atoms with Gasteiger partial charge in [0.2, 0.25) is 0 Å². The largest absolute Gasteiger partial charge is 0.386 e. The van der Waals surface area contributed by atoms with Crippen LogP contribution in [0.4, 0.5) is 0 Å². The van der Waals surface area contributed by atoms with Crippen LogP contribution in [-0.2, 0) is 19.9 Å². The number of aromatic nitrogens is 3. The van der Waals surface area contributed by atoms with Crippen LogP contribution in [0.15, 0.2) is 27.3 Å². The van der Waals surface area contributed by atoms with Gasteiger partial charge in [0.1, 0.15) is 6.10 Å². The third-order valence-corrected chi connectivity index (χ3v) is 4.37. The molecule has 0 amide bonds. The van der Waals surface area contributed by atoms with Crippen LogP contribution in [0.5, 0.6) is 0 Å². The van der Waals surface area contributed by atoms with E-state index < -0.39 is 6.10 Å². The molecule has 1 atom stereocenters. The van der Waals surface area contributed by atoms with Crippen LogP contribution in [0, 0.1) is 0 Å². The van der Waals surface area contributed by atoms with Gasteiger partial charge in [-0.1, -0.05) is 6.92 Å². The van der Waals surface area contributed by atoms with Crippen molar-refractivity contribution in [2.75, 3.05) is 0 Å². The minimum atomic E-state index is -0.635. The number of aliphatic hydroxyl groups excluding tert-OH is 1. The fraction of sp³-hybridized carbons (Fsp3) is 0.385. The molecule has 0 aliphatic rings. The maximum atomic E-state index is 10.3. The number of halogens is 2. The Kier molecular flexibility index (Phi) is 4.76. The summed E-state index contributed by atoms with van der Waals surface area (Å²) in [5.41, 5.74) is 2.65. The highest BCUT2D eigenvalue weighted by molar-refractivity contribution is 9.10. The molecule has 0 aromatic carbocycles. The van der Waals surface area contributed by atoms with Crippen molar-refractivity contribution >= 4 is 31.9 Å². The van der Waals surface area contributed by atoms with Gasteiger partial charge >= 0.3 is 0 Å². The molecule has 102 valence electrons. The number of hydrogen-bond acceptors (Lipinski definition) is 3. The van der Waals surface area contributed by atoms with Crippen molar-refractivity contribution in [3.8, 4) is 0 Å². The lowest BCUT2D eigenvalue weighted by Crippen LogP contribution is -2.08. The van der Waals surface area contributed by atoms with E-state index in [2.05, 4.69) is 48.9 Å². The first-order valence-electron chi connectivity index (χ1n) is 6.02. The highest BCUT2D eigenvalue weighted by Gasteiger charge is 2.18. The van der Waals surface area contributed by atoms with Crippen LogP contribution >= 0.6 is 31.9 Å². The van der Waals surface area contributed by atoms with Gasteiger partial charge in [0, 0.05) is 24.1 Å². The predicted molar refractivity (Wildman–Crippen MR) is 80.9 cm³/mol. The zero-order chi connectivity index (χ0) is 14.0. The van der Waals surface area contributed by atoms with Gasteiger partial charge in [-0.2, -0.15) is 5.10 Å². The van der Waals surface area contributed by atoms with Gasteiger partial charge in [0.05, 0.1) is 21.6 Å². The Balaban J connectivity index is 2.21. The molecule has 0 bridgehead atoms. The van der Waals surface area contributed by atoms with Gasteiger partial charge in [0.25, 0.3) is 0 Å². The molecule has 0 saturated carbocycles. The first-order valence-corrected chi connectivity index (χ1v) is 7.61. The van der Waals surface area contributed by atoms with Gasteiger partial charge in [-0.05, 0) is 50.4 Å². The number of pyridine rings is 1. The molecule has 2 heterocycles. The lowest BCUT2D eigenvalue weighted by Gasteiger charge is -2.10. The van der Waals surface area contributed by atoms with E-state index in [1.54, 1.807) is 6.20 Å². The number of aliphatic hydroxyl groups is 1. The Hall–Kier alpha value is -0.720. The number of hydrogen-bond donors (Lipinski definition) is 1. The predicted octanol–water partition coefficient (Wildman–Crippen LogP) is 3.18. The molecule has 2 aromatic rings. The highest BCUT2D eigenvalue weighted by atomic mass is 79.9. The van der Waals surface area contributed by atoms with E-state index >= 15 is 0 Å². The van der Waals surface area contributed by atoms with Crippen molar-refractivity contribution in [1.29, 1.82) is 0 Å². The number of rotatable bonds is 4. The van der Waals surface area contributed by atoms with Gasteiger partial charge < -0.3 is 5.11 Å². The average Bonchev–Trinajstić information content (AvgIpc) is 2.67. The maximum absolute atomic E-state index is 10.3. The number of nitrogens with zero attached hydrogens (tertiary/aromatic N) is 3. The van der Waals surface area contributed by atoms with Crippen LogP contribution in [0.1, 0.15) is 30.1 Å². The molecule has 0 spiro atoms. The molecule has 2 rings (SSSR count). The minimum absolute atomic E-state index is 0.485. The van der Waals surface area contributed by atoms with Crippen molar-refractivity contribution in [1.82, 2.24) is 14.8 Å². The third-order valence-electron chi connectivity index (χ3n) is 2.98. The third kappa shape index (κ3) is 3.24. The Morgan fingerprint density at radius 1 is 1.37 bits per heavy atom. The van der Waals surface area contributed by atoms with Crippen molar-refractivity contribution in [3.05, 3.63) is 44.4 Å². The molecule has 2 aromatic heterocycles. The summed E-state index contributed by atoms with van der Waals surface area (Å²) >= 11 is 6.88. The molecular weight excluding hydrogens is 374 g/mol. The molecule has 0 saturated heterocycles. The normalized spacial score (nSPS) is 12.7. The van der Waals surface area contributed by atoms with Gasteiger partial charge in [-0.25, -0.2) is 0 Å². The maximum Gasteiger partial charge on any atom is 0.101 e. The lowest BCUT2D eigenvalue weighted by molar-refractivity contribution is 0.171. The van der Waals surface area contributed by atoms with Crippen LogP contribution in [0.3, 0.4) is 0 Å². The Morgan fingerprint density at radius 2 is 2.11 bits per heavy atom. The van der Waals surface area contributed by atoms with Gasteiger partial charge in [-0.3, -0.25) is 9.67 Å². The summed E-state index contributed by atoms with van der Waals surface area (Å²) in [6, 6.07) is 3.70. The summed E-state index contributed by atoms with van der Waals surface area (Å²) in [4.78, 5) is 4.22. The Labute approximate surface area is 129 Å². The molecule has 0 aliphatic heterocycles. The summed E-state index contributed by atoms with van der Waals surface area (Å²) < 4.78 is 3.69. The minimum Gasteiger partial charge on any atom is -0.386 e. The van der Waals surface area contributed by atoms with Crippen molar-refractivity contribution < 1.29 is 5.11 Å². The van der Waals surface area contributed by atoms with E-state index in [0.29, 0.717) is 12.1 Å². The summed E-state index contributed by atoms with van der Waals surface area (Å²) in [5.74, 6) is 0. The summed E-state index contributed by atoms with van der Waals surface area (Å²) in [6.45, 7) is 2.06. The lowest BCUT2D eigenvalue weighted by atomic mass is 10.1. The van der Waals surface area contributed by atoms with E-state index in [-0.39, 0.29) is 0 Å². The van der Waals surface area contributed by atoms with E-state index in [1.165, 1.54) is 0 Å². The van der Waals surface area contributed by atoms with E-state index in [4.69, 9.17) is 0 Å². The average molecular weight is 389 g/mol. The molecule has 4 nitrogen and oxygen atoms in total. The van der Waals surface area contributed by atoms with E-state index in [0.717, 1.165) is 26.8 Å². The summed E-state index contributed by atoms with van der Waals surface area (Å²) in [7, 11) is 1.89. The first-order chi connectivity index (χ1) is 9.02. The summed E-state index contributed by atoms with van der Waals surface area (Å²) in [5, 5.41) is 14.7.